The van der Waals surface area contributed by atoms with Gasteiger partial charge in [0.1, 0.15) is 12.2 Å². The smallest absolute Gasteiger partial charge is 0.410 e. The number of aliphatic imine (C=N–C) groups is 1. The highest BCUT2D eigenvalue weighted by Crippen LogP contribution is 2.09. The summed E-state index contributed by atoms with van der Waals surface area (Å²) in [7, 11) is 5.76. The van der Waals surface area contributed by atoms with Gasteiger partial charge in [0.2, 0.25) is 11.8 Å². The Morgan fingerprint density at radius 3 is 2.12 bits per heavy atom. The van der Waals surface area contributed by atoms with Crippen molar-refractivity contribution >= 4 is 29.8 Å². The number of nitrogens with zero attached hydrogens (tertiary/aromatic N) is 3. The second kappa shape index (κ2) is 25.1. The van der Waals surface area contributed by atoms with Crippen LogP contribution in [0.4, 0.5) is 9.32 Å². The van der Waals surface area contributed by atoms with E-state index in [1.165, 1.54) is 31.3 Å². The summed E-state index contributed by atoms with van der Waals surface area (Å²) >= 11 is 0. The van der Waals surface area contributed by atoms with Gasteiger partial charge in [-0.2, -0.15) is 0 Å². The molecular weight excluding hydrogens is 537 g/mol. The molecule has 0 aromatic heterocycles. The molecule has 0 saturated heterocycles. The number of para-hydroxylation sites is 1. The summed E-state index contributed by atoms with van der Waals surface area (Å²) in [5, 5.41) is 4.58. The Morgan fingerprint density at radius 2 is 1.63 bits per heavy atom. The third-order valence-electron chi connectivity index (χ3n) is 4.84. The molecule has 1 aromatic carbocycles. The van der Waals surface area contributed by atoms with Crippen LogP contribution in [0.15, 0.2) is 35.3 Å². The van der Waals surface area contributed by atoms with E-state index in [1.807, 2.05) is 6.92 Å². The predicted molar refractivity (Wildman–Crippen MR) is 157 cm³/mol. The van der Waals surface area contributed by atoms with Gasteiger partial charge in [-0.15, -0.1) is 0 Å². The second-order valence-corrected chi connectivity index (χ2v) is 9.32. The van der Waals surface area contributed by atoms with E-state index in [1.54, 1.807) is 30.3 Å². The minimum Gasteiger partial charge on any atom is -0.410 e. The first-order chi connectivity index (χ1) is 19.4. The molecule has 1 unspecified atom stereocenters. The number of benzene rings is 1. The number of carbonyl (C=O) groups is 4. The van der Waals surface area contributed by atoms with Crippen molar-refractivity contribution in [1.29, 1.82) is 0 Å². The number of likely N-dealkylation sites (N-methyl/N-ethyl adjacent to an activating group) is 1. The number of amides is 3. The van der Waals surface area contributed by atoms with Crippen molar-refractivity contribution in [2.75, 3.05) is 53.9 Å². The normalized spacial score (nSPS) is 10.4. The average Bonchev–Trinajstić information content (AvgIpc) is 2.91. The number of hydrogen-bond acceptors (Lipinski definition) is 8. The zero-order valence-electron chi connectivity index (χ0n) is 25.2. The van der Waals surface area contributed by atoms with Gasteiger partial charge in [0.25, 0.3) is 0 Å². The van der Waals surface area contributed by atoms with Crippen molar-refractivity contribution in [3.8, 4) is 5.75 Å². The highest BCUT2D eigenvalue weighted by atomic mass is 19.3. The number of halogens is 1. The molecule has 0 bridgehead atoms. The Labute approximate surface area is 242 Å². The Kier molecular flexibility index (Phi) is 24.0. The summed E-state index contributed by atoms with van der Waals surface area (Å²) in [6.07, 6.45) is 2.27. The fourth-order valence-corrected chi connectivity index (χ4v) is 3.03. The van der Waals surface area contributed by atoms with Gasteiger partial charge < -0.3 is 36.6 Å². The van der Waals surface area contributed by atoms with Crippen LogP contribution in [0.25, 0.3) is 0 Å². The lowest BCUT2D eigenvalue weighted by atomic mass is 10.1. The van der Waals surface area contributed by atoms with Crippen LogP contribution in [0.1, 0.15) is 46.5 Å². The molecule has 3 amide bonds. The molecule has 0 aliphatic rings. The van der Waals surface area contributed by atoms with Crippen LogP contribution in [0, 0.1) is 5.92 Å². The summed E-state index contributed by atoms with van der Waals surface area (Å²) in [4.78, 5) is 55.0. The van der Waals surface area contributed by atoms with Gasteiger partial charge in [0.05, 0.1) is 6.54 Å². The largest absolute Gasteiger partial charge is 0.415 e. The molecule has 0 aliphatic heterocycles. The van der Waals surface area contributed by atoms with Crippen molar-refractivity contribution in [3.05, 3.63) is 30.3 Å². The number of rotatable bonds is 14. The van der Waals surface area contributed by atoms with E-state index in [9.17, 15) is 23.7 Å². The zero-order chi connectivity index (χ0) is 31.6. The lowest BCUT2D eigenvalue weighted by Crippen LogP contribution is -2.41. The Hall–Kier alpha value is -3.94. The summed E-state index contributed by atoms with van der Waals surface area (Å²) in [5.41, 5.74) is 10.0. The van der Waals surface area contributed by atoms with Gasteiger partial charge in [0.15, 0.2) is 5.96 Å². The van der Waals surface area contributed by atoms with E-state index in [-0.39, 0.29) is 19.0 Å². The third-order valence-corrected chi connectivity index (χ3v) is 4.84. The molecule has 1 aromatic rings. The van der Waals surface area contributed by atoms with Crippen LogP contribution < -0.4 is 26.8 Å². The molecular formula is C27H48FN7O6. The maximum absolute atomic E-state index is 11.8. The molecule has 41 heavy (non-hydrogen) atoms. The molecule has 234 valence electrons. The van der Waals surface area contributed by atoms with Crippen LogP contribution in [0.2, 0.25) is 0 Å². The Morgan fingerprint density at radius 1 is 1.00 bits per heavy atom. The highest BCUT2D eigenvalue weighted by Gasteiger charge is 2.13. The third kappa shape index (κ3) is 26.1. The maximum atomic E-state index is 11.8. The summed E-state index contributed by atoms with van der Waals surface area (Å²) in [6.45, 7) is 8.45. The molecule has 6 N–H and O–H groups in total. The zero-order valence-corrected chi connectivity index (χ0v) is 25.2. The number of ether oxygens (including phenoxy) is 1. The summed E-state index contributed by atoms with van der Waals surface area (Å²) in [5.74, 6) is -1.28. The summed E-state index contributed by atoms with van der Waals surface area (Å²) in [6, 6.07) is 8.51. The molecule has 0 radical (unpaired) electrons. The number of carbonyl (C=O) groups excluding carboxylic acids is 4. The minimum absolute atomic E-state index is 0.127. The van der Waals surface area contributed by atoms with Gasteiger partial charge in [-0.25, -0.2) is 9.59 Å². The van der Waals surface area contributed by atoms with Crippen molar-refractivity contribution in [1.82, 2.24) is 20.4 Å². The molecule has 13 nitrogen and oxygen atoms in total. The van der Waals surface area contributed by atoms with E-state index in [0.29, 0.717) is 5.75 Å². The van der Waals surface area contributed by atoms with Crippen LogP contribution in [0.5, 0.6) is 5.75 Å². The fourth-order valence-electron chi connectivity index (χ4n) is 3.03. The van der Waals surface area contributed by atoms with Crippen molar-refractivity contribution < 1.29 is 33.4 Å². The average molecular weight is 586 g/mol. The molecule has 0 saturated carbocycles. The van der Waals surface area contributed by atoms with Crippen molar-refractivity contribution in [2.24, 2.45) is 22.4 Å². The van der Waals surface area contributed by atoms with Gasteiger partial charge in [-0.3, -0.25) is 19.5 Å². The SMILES string of the molecule is CCCC(C)CN(C)C.CCCN=C(N)N.CN(CCNC(=O)CNC(=O)CC(=O)OF)C(=O)Oc1ccccc1. The van der Waals surface area contributed by atoms with Crippen LogP contribution in [-0.2, 0) is 19.3 Å². The molecule has 0 fully saturated rings. The lowest BCUT2D eigenvalue weighted by Gasteiger charge is -2.17. The van der Waals surface area contributed by atoms with Crippen molar-refractivity contribution in [2.45, 2.75) is 46.5 Å². The molecule has 14 heteroatoms. The highest BCUT2D eigenvalue weighted by molar-refractivity contribution is 5.95. The van der Waals surface area contributed by atoms with Gasteiger partial charge in [-0.1, -0.05) is 45.4 Å². The van der Waals surface area contributed by atoms with Crippen LogP contribution in [-0.4, -0.2) is 93.5 Å². The van der Waals surface area contributed by atoms with Crippen LogP contribution in [0.3, 0.4) is 0 Å². The molecule has 1 atom stereocenters. The van der Waals surface area contributed by atoms with Gasteiger partial charge in [0, 0.05) is 37.8 Å². The minimum atomic E-state index is -1.35. The van der Waals surface area contributed by atoms with E-state index in [0.717, 1.165) is 18.9 Å². The Balaban J connectivity index is 0. The monoisotopic (exact) mass is 585 g/mol. The van der Waals surface area contributed by atoms with E-state index >= 15 is 0 Å². The first kappa shape index (κ1) is 39.2. The molecule has 0 spiro atoms. The van der Waals surface area contributed by atoms with E-state index < -0.39 is 36.8 Å². The number of hydrogen-bond donors (Lipinski definition) is 4. The standard InChI is InChI=1S/C15H18FN3O6.C8H19N.C4H11N3/c1-19(15(23)24-11-5-3-2-4-6-11)8-7-17-13(21)10-18-12(20)9-14(22)25-16;1-5-6-8(2)7-9(3)4;1-2-3-7-4(5)6/h2-6H,7-10H2,1H3,(H,17,21)(H,18,20);8H,5-7H2,1-4H3;2-3H2,1H3,(H4,5,6,7). The number of nitrogens with two attached hydrogens (primary N) is 2. The maximum Gasteiger partial charge on any atom is 0.415 e. The first-order valence-electron chi connectivity index (χ1n) is 13.4. The quantitative estimate of drug-likeness (QED) is 0.144. The molecule has 0 heterocycles. The second-order valence-electron chi connectivity index (χ2n) is 9.32. The van der Waals surface area contributed by atoms with Gasteiger partial charge in [-0.05, 0) is 45.0 Å². The van der Waals surface area contributed by atoms with Crippen molar-refractivity contribution in [3.63, 3.8) is 0 Å². The number of nitrogens with one attached hydrogen (secondary N) is 2. The molecule has 0 aliphatic carbocycles. The topological polar surface area (TPSA) is 182 Å². The fraction of sp³-hybridized carbons (Fsp3) is 0.593. The first-order valence-corrected chi connectivity index (χ1v) is 13.4. The predicted octanol–water partition coefficient (Wildman–Crippen LogP) is 1.82. The van der Waals surface area contributed by atoms with E-state index in [4.69, 9.17) is 16.2 Å². The summed E-state index contributed by atoms with van der Waals surface area (Å²) < 4.78 is 16.5. The Bertz CT molecular complexity index is 899. The lowest BCUT2D eigenvalue weighted by molar-refractivity contribution is -0.184. The molecule has 1 rings (SSSR count). The van der Waals surface area contributed by atoms with Gasteiger partial charge >= 0.3 is 12.1 Å². The van der Waals surface area contributed by atoms with E-state index in [2.05, 4.69) is 53.4 Å². The van der Waals surface area contributed by atoms with Crippen LogP contribution >= 0.6 is 0 Å². The number of guanidine groups is 1.